The Kier molecular flexibility index (Phi) is 3.15. The summed E-state index contributed by atoms with van der Waals surface area (Å²) in [6.45, 7) is 0. The highest BCUT2D eigenvalue weighted by Crippen LogP contribution is 2.30. The Morgan fingerprint density at radius 3 is 2.41 bits per heavy atom. The second kappa shape index (κ2) is 4.59. The summed E-state index contributed by atoms with van der Waals surface area (Å²) in [7, 11) is 1.55. The lowest BCUT2D eigenvalue weighted by molar-refractivity contribution is 0.405. The van der Waals surface area contributed by atoms with Gasteiger partial charge in [0, 0.05) is 6.42 Å². The van der Waals surface area contributed by atoms with Crippen molar-refractivity contribution in [1.29, 1.82) is 0 Å². The summed E-state index contributed by atoms with van der Waals surface area (Å²) in [6, 6.07) is 8.78. The van der Waals surface area contributed by atoms with Crippen molar-refractivity contribution >= 4 is 28.0 Å². The molecule has 0 saturated heterocycles. The van der Waals surface area contributed by atoms with E-state index >= 15 is 0 Å². The smallest absolute Gasteiger partial charge is 0.163 e. The molecule has 0 aliphatic heterocycles. The van der Waals surface area contributed by atoms with Crippen molar-refractivity contribution in [2.75, 3.05) is 7.11 Å². The fourth-order valence-corrected chi connectivity index (χ4v) is 1.84. The number of benzene rings is 2. The van der Waals surface area contributed by atoms with E-state index in [1.54, 1.807) is 7.11 Å². The Morgan fingerprint density at radius 1 is 1.12 bits per heavy atom. The first-order chi connectivity index (χ1) is 8.10. The Labute approximate surface area is 104 Å². The third-order valence-corrected chi connectivity index (χ3v) is 2.89. The topological polar surface area (TPSA) is 49.7 Å². The van der Waals surface area contributed by atoms with Gasteiger partial charge in [0.2, 0.25) is 0 Å². The number of methoxy groups -OCH3 is 1. The molecule has 0 bridgehead atoms. The molecule has 17 heavy (non-hydrogen) atoms. The Bertz CT molecular complexity index is 578. The number of aromatic hydroxyl groups is 2. The largest absolute Gasteiger partial charge is 0.504 e. The molecule has 0 unspecified atom stereocenters. The van der Waals surface area contributed by atoms with E-state index in [0.717, 1.165) is 16.3 Å². The lowest BCUT2D eigenvalue weighted by Gasteiger charge is -2.06. The molecule has 0 aliphatic rings. The van der Waals surface area contributed by atoms with Crippen LogP contribution in [-0.2, 0) is 11.2 Å². The van der Waals surface area contributed by atoms with Gasteiger partial charge in [0.05, 0.1) is 7.11 Å². The fourth-order valence-electron chi connectivity index (χ4n) is 1.67. The first-order valence-electron chi connectivity index (χ1n) is 5.11. The van der Waals surface area contributed by atoms with Gasteiger partial charge in [0.25, 0.3) is 0 Å². The quantitative estimate of drug-likeness (QED) is 0.634. The number of rotatable bonds is 2. The number of phenols is 2. The average Bonchev–Trinajstić information content (AvgIpc) is 2.31. The summed E-state index contributed by atoms with van der Waals surface area (Å²) >= 11 is 4.99. The van der Waals surface area contributed by atoms with Gasteiger partial charge in [-0.3, -0.25) is 0 Å². The van der Waals surface area contributed by atoms with Crippen molar-refractivity contribution in [1.82, 2.24) is 0 Å². The Hall–Kier alpha value is -1.81. The standard InChI is InChI=1S/C13H12O3S/c1-16-13(17)5-8-2-3-9-6-11(14)12(15)7-10(9)4-8/h2-4,6-7,14-15H,5H2,1H3. The van der Waals surface area contributed by atoms with Crippen molar-refractivity contribution in [3.05, 3.63) is 35.9 Å². The molecule has 0 aliphatic carbocycles. The van der Waals surface area contributed by atoms with Gasteiger partial charge in [-0.2, -0.15) is 0 Å². The van der Waals surface area contributed by atoms with Crippen LogP contribution in [0.1, 0.15) is 5.56 Å². The monoisotopic (exact) mass is 248 g/mol. The van der Waals surface area contributed by atoms with Crippen LogP contribution >= 0.6 is 12.2 Å². The fraction of sp³-hybridized carbons (Fsp3) is 0.154. The molecule has 0 saturated carbocycles. The molecular formula is C13H12O3S. The molecule has 2 aromatic carbocycles. The van der Waals surface area contributed by atoms with E-state index in [1.807, 2.05) is 18.2 Å². The minimum atomic E-state index is -0.121. The second-order valence-electron chi connectivity index (χ2n) is 3.78. The van der Waals surface area contributed by atoms with Gasteiger partial charge < -0.3 is 14.9 Å². The third-order valence-electron chi connectivity index (χ3n) is 2.57. The van der Waals surface area contributed by atoms with E-state index in [-0.39, 0.29) is 11.5 Å². The van der Waals surface area contributed by atoms with Gasteiger partial charge in [0.1, 0.15) is 0 Å². The summed E-state index contributed by atoms with van der Waals surface area (Å²) < 4.78 is 4.95. The maximum absolute atomic E-state index is 9.44. The predicted octanol–water partition coefficient (Wildman–Crippen LogP) is 2.77. The van der Waals surface area contributed by atoms with E-state index < -0.39 is 0 Å². The number of fused-ring (bicyclic) bond motifs is 1. The van der Waals surface area contributed by atoms with Gasteiger partial charge in [-0.1, -0.05) is 18.2 Å². The number of hydrogen-bond donors (Lipinski definition) is 2. The van der Waals surface area contributed by atoms with Crippen molar-refractivity contribution < 1.29 is 14.9 Å². The molecule has 0 radical (unpaired) electrons. The zero-order valence-electron chi connectivity index (χ0n) is 9.30. The highest BCUT2D eigenvalue weighted by atomic mass is 32.1. The molecule has 2 rings (SSSR count). The first-order valence-corrected chi connectivity index (χ1v) is 5.52. The number of ether oxygens (including phenoxy) is 1. The Morgan fingerprint density at radius 2 is 1.76 bits per heavy atom. The molecule has 0 aromatic heterocycles. The molecule has 4 heteroatoms. The molecule has 2 N–H and O–H groups in total. The van der Waals surface area contributed by atoms with Crippen LogP contribution in [0.2, 0.25) is 0 Å². The number of thiocarbonyl (C=S) groups is 1. The van der Waals surface area contributed by atoms with Gasteiger partial charge in [-0.15, -0.1) is 0 Å². The molecule has 3 nitrogen and oxygen atoms in total. The average molecular weight is 248 g/mol. The number of hydrogen-bond acceptors (Lipinski definition) is 4. The first kappa shape index (κ1) is 11.7. The van der Waals surface area contributed by atoms with Gasteiger partial charge >= 0.3 is 0 Å². The van der Waals surface area contributed by atoms with Gasteiger partial charge in [-0.25, -0.2) is 0 Å². The van der Waals surface area contributed by atoms with Crippen LogP contribution in [0.4, 0.5) is 0 Å². The van der Waals surface area contributed by atoms with Gasteiger partial charge in [-0.05, 0) is 40.7 Å². The van der Waals surface area contributed by atoms with Crippen LogP contribution in [0.5, 0.6) is 11.5 Å². The van der Waals surface area contributed by atoms with Crippen LogP contribution < -0.4 is 0 Å². The SMILES string of the molecule is COC(=S)Cc1ccc2cc(O)c(O)cc2c1. The van der Waals surface area contributed by atoms with Crippen molar-refractivity contribution in [2.24, 2.45) is 0 Å². The van der Waals surface area contributed by atoms with Crippen molar-refractivity contribution in [3.63, 3.8) is 0 Å². The van der Waals surface area contributed by atoms with Crippen LogP contribution in [0.25, 0.3) is 10.8 Å². The molecular weight excluding hydrogens is 236 g/mol. The molecule has 2 aromatic rings. The molecule has 0 amide bonds. The van der Waals surface area contributed by atoms with E-state index in [4.69, 9.17) is 17.0 Å². The molecule has 0 fully saturated rings. The third kappa shape index (κ3) is 2.47. The van der Waals surface area contributed by atoms with E-state index in [1.165, 1.54) is 12.1 Å². The normalized spacial score (nSPS) is 10.4. The van der Waals surface area contributed by atoms with E-state index in [2.05, 4.69) is 0 Å². The predicted molar refractivity (Wildman–Crippen MR) is 70.6 cm³/mol. The molecule has 0 heterocycles. The second-order valence-corrected chi connectivity index (χ2v) is 4.23. The van der Waals surface area contributed by atoms with Gasteiger partial charge in [0.15, 0.2) is 16.5 Å². The summed E-state index contributed by atoms with van der Waals surface area (Å²) in [5, 5.41) is 21.1. The maximum Gasteiger partial charge on any atom is 0.163 e. The lowest BCUT2D eigenvalue weighted by Crippen LogP contribution is -2.01. The summed E-state index contributed by atoms with van der Waals surface area (Å²) in [5.41, 5.74) is 1.01. The Balaban J connectivity index is 2.43. The molecule has 88 valence electrons. The molecule has 0 atom stereocenters. The minimum Gasteiger partial charge on any atom is -0.504 e. The minimum absolute atomic E-state index is 0.113. The maximum atomic E-state index is 9.44. The highest BCUT2D eigenvalue weighted by molar-refractivity contribution is 7.80. The van der Waals surface area contributed by atoms with E-state index in [9.17, 15) is 10.2 Å². The van der Waals surface area contributed by atoms with E-state index in [0.29, 0.717) is 11.5 Å². The zero-order chi connectivity index (χ0) is 12.4. The number of phenolic OH excluding ortho intramolecular Hbond substituents is 2. The van der Waals surface area contributed by atoms with Crippen molar-refractivity contribution in [2.45, 2.75) is 6.42 Å². The lowest BCUT2D eigenvalue weighted by atomic mass is 10.0. The van der Waals surface area contributed by atoms with Crippen LogP contribution in [0.3, 0.4) is 0 Å². The summed E-state index contributed by atoms with van der Waals surface area (Å²) in [4.78, 5) is 0. The summed E-state index contributed by atoms with van der Waals surface area (Å²) in [6.07, 6.45) is 0.559. The molecule has 0 spiro atoms. The van der Waals surface area contributed by atoms with Crippen LogP contribution in [-0.4, -0.2) is 22.4 Å². The van der Waals surface area contributed by atoms with Crippen LogP contribution in [0.15, 0.2) is 30.3 Å². The van der Waals surface area contributed by atoms with Crippen LogP contribution in [0, 0.1) is 0 Å². The summed E-state index contributed by atoms with van der Waals surface area (Å²) in [5.74, 6) is -0.235. The highest BCUT2D eigenvalue weighted by Gasteiger charge is 2.04. The zero-order valence-corrected chi connectivity index (χ0v) is 10.1. The van der Waals surface area contributed by atoms with Crippen molar-refractivity contribution in [3.8, 4) is 11.5 Å².